The molecule has 1 aliphatic rings. The molecule has 0 bridgehead atoms. The third-order valence-electron chi connectivity index (χ3n) is 4.32. The molecule has 0 atom stereocenters. The summed E-state index contributed by atoms with van der Waals surface area (Å²) in [5, 5.41) is 3.26. The highest BCUT2D eigenvalue weighted by Crippen LogP contribution is 2.18. The molecule has 0 unspecified atom stereocenters. The number of carbonyl (C=O) groups excluding carboxylic acids is 1. The SMILES string of the molecule is CN=C(NCc1ccc(C(N)=O)o1)N1CCC(Oc2ccccc2)CC1.I. The van der Waals surface area contributed by atoms with Crippen LogP contribution in [0.25, 0.3) is 0 Å². The molecule has 3 rings (SSSR count). The molecule has 1 aromatic heterocycles. The lowest BCUT2D eigenvalue weighted by Gasteiger charge is -2.34. The molecule has 146 valence electrons. The standard InChI is InChI=1S/C19H24N4O3.HI/c1-21-19(22-13-16-7-8-17(26-16)18(20)24)23-11-9-15(10-12-23)25-14-5-3-2-4-6-14;/h2-8,15H,9-13H2,1H3,(H2,20,24)(H,21,22);1H. The lowest BCUT2D eigenvalue weighted by atomic mass is 10.1. The first kappa shape index (κ1) is 21.1. The lowest BCUT2D eigenvalue weighted by Crippen LogP contribution is -2.47. The molecule has 1 aliphatic heterocycles. The summed E-state index contributed by atoms with van der Waals surface area (Å²) in [6, 6.07) is 13.2. The van der Waals surface area contributed by atoms with Crippen LogP contribution < -0.4 is 15.8 Å². The normalized spacial score (nSPS) is 15.1. The third-order valence-corrected chi connectivity index (χ3v) is 4.32. The average molecular weight is 484 g/mol. The summed E-state index contributed by atoms with van der Waals surface area (Å²) in [6.45, 7) is 2.17. The zero-order valence-electron chi connectivity index (χ0n) is 15.3. The number of amides is 1. The Balaban J connectivity index is 0.00000261. The monoisotopic (exact) mass is 484 g/mol. The summed E-state index contributed by atoms with van der Waals surface area (Å²) in [5.41, 5.74) is 5.20. The van der Waals surface area contributed by atoms with Gasteiger partial charge in [0.05, 0.1) is 6.54 Å². The molecule has 0 aliphatic carbocycles. The molecule has 1 saturated heterocycles. The largest absolute Gasteiger partial charge is 0.490 e. The zero-order valence-corrected chi connectivity index (χ0v) is 17.6. The summed E-state index contributed by atoms with van der Waals surface area (Å²) in [6.07, 6.45) is 2.08. The van der Waals surface area contributed by atoms with E-state index in [9.17, 15) is 4.79 Å². The molecule has 7 nitrogen and oxygen atoms in total. The number of hydrogen-bond donors (Lipinski definition) is 2. The van der Waals surface area contributed by atoms with Crippen molar-refractivity contribution in [3.05, 3.63) is 54.0 Å². The maximum atomic E-state index is 11.1. The Bertz CT molecular complexity index is 755. The molecule has 0 saturated carbocycles. The average Bonchev–Trinajstić information content (AvgIpc) is 3.14. The van der Waals surface area contributed by atoms with Gasteiger partial charge in [-0.2, -0.15) is 0 Å². The number of aliphatic imine (C=N–C) groups is 1. The van der Waals surface area contributed by atoms with E-state index in [1.165, 1.54) is 0 Å². The first-order valence-corrected chi connectivity index (χ1v) is 8.71. The van der Waals surface area contributed by atoms with Gasteiger partial charge in [-0.25, -0.2) is 0 Å². The van der Waals surface area contributed by atoms with E-state index in [0.717, 1.165) is 37.6 Å². The van der Waals surface area contributed by atoms with E-state index in [-0.39, 0.29) is 35.8 Å². The van der Waals surface area contributed by atoms with Gasteiger partial charge in [-0.15, -0.1) is 24.0 Å². The third kappa shape index (κ3) is 5.88. The number of halogens is 1. The number of nitrogens with zero attached hydrogens (tertiary/aromatic N) is 2. The van der Waals surface area contributed by atoms with Gasteiger partial charge in [-0.3, -0.25) is 9.79 Å². The number of nitrogens with one attached hydrogen (secondary N) is 1. The van der Waals surface area contributed by atoms with Crippen LogP contribution >= 0.6 is 24.0 Å². The van der Waals surface area contributed by atoms with Crippen LogP contribution in [0.3, 0.4) is 0 Å². The van der Waals surface area contributed by atoms with E-state index in [0.29, 0.717) is 12.3 Å². The lowest BCUT2D eigenvalue weighted by molar-refractivity contribution is 0.0972. The van der Waals surface area contributed by atoms with E-state index >= 15 is 0 Å². The van der Waals surface area contributed by atoms with Crippen molar-refractivity contribution in [3.8, 4) is 5.75 Å². The molecule has 0 spiro atoms. The Hall–Kier alpha value is -2.23. The van der Waals surface area contributed by atoms with E-state index in [1.54, 1.807) is 19.2 Å². The minimum absolute atomic E-state index is 0. The molecular formula is C19H25IN4O3. The highest BCUT2D eigenvalue weighted by Gasteiger charge is 2.22. The summed E-state index contributed by atoms with van der Waals surface area (Å²) < 4.78 is 11.4. The number of carbonyl (C=O) groups is 1. The van der Waals surface area contributed by atoms with Crippen LogP contribution in [0.2, 0.25) is 0 Å². The second-order valence-electron chi connectivity index (χ2n) is 6.15. The van der Waals surface area contributed by atoms with E-state index in [2.05, 4.69) is 15.2 Å². The first-order valence-electron chi connectivity index (χ1n) is 8.71. The fraction of sp³-hybridized carbons (Fsp3) is 0.368. The summed E-state index contributed by atoms with van der Waals surface area (Å²) >= 11 is 0. The molecule has 2 heterocycles. The Morgan fingerprint density at radius 2 is 1.96 bits per heavy atom. The molecule has 8 heteroatoms. The highest BCUT2D eigenvalue weighted by molar-refractivity contribution is 14.0. The van der Waals surface area contributed by atoms with Gasteiger partial charge in [0.2, 0.25) is 0 Å². The van der Waals surface area contributed by atoms with Gasteiger partial charge in [0.1, 0.15) is 17.6 Å². The number of piperidine rings is 1. The van der Waals surface area contributed by atoms with Crippen LogP contribution in [0.4, 0.5) is 0 Å². The van der Waals surface area contributed by atoms with Crippen LogP contribution in [0.5, 0.6) is 5.75 Å². The van der Waals surface area contributed by atoms with Crippen molar-refractivity contribution in [1.29, 1.82) is 0 Å². The Morgan fingerprint density at radius 1 is 1.26 bits per heavy atom. The predicted molar refractivity (Wildman–Crippen MR) is 115 cm³/mol. The number of rotatable bonds is 5. The predicted octanol–water partition coefficient (Wildman–Crippen LogP) is 2.62. The number of benzene rings is 1. The number of guanidine groups is 1. The van der Waals surface area contributed by atoms with Crippen molar-refractivity contribution >= 4 is 35.8 Å². The summed E-state index contributed by atoms with van der Waals surface area (Å²) in [5.74, 6) is 1.95. The van der Waals surface area contributed by atoms with Crippen LogP contribution in [-0.4, -0.2) is 43.0 Å². The minimum Gasteiger partial charge on any atom is -0.490 e. The Morgan fingerprint density at radius 3 is 2.56 bits per heavy atom. The van der Waals surface area contributed by atoms with E-state index in [1.807, 2.05) is 30.3 Å². The Labute approximate surface area is 176 Å². The molecule has 3 N–H and O–H groups in total. The molecule has 1 fully saturated rings. The molecular weight excluding hydrogens is 459 g/mol. The minimum atomic E-state index is -0.568. The quantitative estimate of drug-likeness (QED) is 0.387. The van der Waals surface area contributed by atoms with Gasteiger partial charge in [0, 0.05) is 33.0 Å². The van der Waals surface area contributed by atoms with Gasteiger partial charge in [-0.1, -0.05) is 18.2 Å². The first-order chi connectivity index (χ1) is 12.7. The van der Waals surface area contributed by atoms with E-state index in [4.69, 9.17) is 14.9 Å². The van der Waals surface area contributed by atoms with Gasteiger partial charge in [0.25, 0.3) is 5.91 Å². The maximum Gasteiger partial charge on any atom is 0.284 e. The zero-order chi connectivity index (χ0) is 18.4. The van der Waals surface area contributed by atoms with Crippen molar-refractivity contribution in [2.75, 3.05) is 20.1 Å². The molecule has 1 amide bonds. The van der Waals surface area contributed by atoms with Crippen molar-refractivity contribution in [2.24, 2.45) is 10.7 Å². The molecule has 27 heavy (non-hydrogen) atoms. The van der Waals surface area contributed by atoms with Crippen LogP contribution in [0.1, 0.15) is 29.2 Å². The van der Waals surface area contributed by atoms with Gasteiger partial charge in [-0.05, 0) is 24.3 Å². The number of ether oxygens (including phenoxy) is 1. The fourth-order valence-corrected chi connectivity index (χ4v) is 2.98. The number of para-hydroxylation sites is 1. The van der Waals surface area contributed by atoms with Crippen molar-refractivity contribution in [1.82, 2.24) is 10.2 Å². The summed E-state index contributed by atoms with van der Waals surface area (Å²) in [7, 11) is 1.76. The maximum absolute atomic E-state index is 11.1. The van der Waals surface area contributed by atoms with Crippen molar-refractivity contribution < 1.29 is 13.9 Å². The second-order valence-corrected chi connectivity index (χ2v) is 6.15. The Kier molecular flexibility index (Phi) is 7.96. The molecule has 0 radical (unpaired) electrons. The molecule has 2 aromatic rings. The van der Waals surface area contributed by atoms with E-state index < -0.39 is 5.91 Å². The smallest absolute Gasteiger partial charge is 0.284 e. The number of furan rings is 1. The van der Waals surface area contributed by atoms with Gasteiger partial charge in [0.15, 0.2) is 11.7 Å². The number of nitrogens with two attached hydrogens (primary N) is 1. The molecule has 1 aromatic carbocycles. The van der Waals surface area contributed by atoms with Gasteiger partial charge < -0.3 is 25.1 Å². The van der Waals surface area contributed by atoms with Crippen LogP contribution in [0, 0.1) is 0 Å². The van der Waals surface area contributed by atoms with Crippen molar-refractivity contribution in [2.45, 2.75) is 25.5 Å². The number of likely N-dealkylation sites (tertiary alicyclic amines) is 1. The number of hydrogen-bond acceptors (Lipinski definition) is 4. The fourth-order valence-electron chi connectivity index (χ4n) is 2.98. The second kappa shape index (κ2) is 10.2. The van der Waals surface area contributed by atoms with Gasteiger partial charge >= 0.3 is 0 Å². The number of primary amides is 1. The van der Waals surface area contributed by atoms with Crippen LogP contribution in [0.15, 0.2) is 51.9 Å². The topological polar surface area (TPSA) is 93.1 Å². The van der Waals surface area contributed by atoms with Crippen LogP contribution in [-0.2, 0) is 6.54 Å². The summed E-state index contributed by atoms with van der Waals surface area (Å²) in [4.78, 5) is 17.6. The highest BCUT2D eigenvalue weighted by atomic mass is 127. The van der Waals surface area contributed by atoms with Crippen molar-refractivity contribution in [3.63, 3.8) is 0 Å².